The summed E-state index contributed by atoms with van der Waals surface area (Å²) < 4.78 is 19.7. The number of carbonyl (C=O) groups excluding carboxylic acids is 2. The average molecular weight is 423 g/mol. The minimum absolute atomic E-state index is 0.0348. The maximum atomic E-state index is 14.4. The Morgan fingerprint density at radius 1 is 1.10 bits per heavy atom. The van der Waals surface area contributed by atoms with E-state index in [1.807, 2.05) is 20.8 Å². The van der Waals surface area contributed by atoms with Gasteiger partial charge in [0.2, 0.25) is 0 Å². The smallest absolute Gasteiger partial charge is 0.407 e. The van der Waals surface area contributed by atoms with Crippen LogP contribution in [-0.4, -0.2) is 41.3 Å². The van der Waals surface area contributed by atoms with E-state index in [2.05, 4.69) is 10.6 Å². The molecular weight excluding hydrogens is 387 g/mol. The van der Waals surface area contributed by atoms with Gasteiger partial charge in [-0.15, -0.1) is 0 Å². The fourth-order valence-electron chi connectivity index (χ4n) is 4.62. The number of alkyl carbamates (subject to hydrolysis) is 1. The molecule has 3 aliphatic rings. The standard InChI is InChI=1S/C22H35FN4O3/c1-22(2,3)30-21(29)26-17-10-8-14(9-11-17)18-12-15(23)13-27(20(24)28)19(18)25-16-6-4-5-7-16/h12,14,16-17,25H,4-11,13H2,1-3H3,(H2,24,28)(H,26,29). The highest BCUT2D eigenvalue weighted by atomic mass is 19.1. The molecule has 3 rings (SSSR count). The van der Waals surface area contributed by atoms with Crippen LogP contribution < -0.4 is 16.4 Å². The van der Waals surface area contributed by atoms with Gasteiger partial charge in [0.05, 0.1) is 6.54 Å². The van der Waals surface area contributed by atoms with Crippen LogP contribution in [0.3, 0.4) is 0 Å². The van der Waals surface area contributed by atoms with Crippen molar-refractivity contribution in [2.75, 3.05) is 6.54 Å². The fourth-order valence-corrected chi connectivity index (χ4v) is 4.62. The van der Waals surface area contributed by atoms with Gasteiger partial charge in [0.15, 0.2) is 0 Å². The molecule has 2 fully saturated rings. The molecule has 7 nitrogen and oxygen atoms in total. The summed E-state index contributed by atoms with van der Waals surface area (Å²) in [7, 11) is 0. The lowest BCUT2D eigenvalue weighted by Crippen LogP contribution is -2.46. The minimum Gasteiger partial charge on any atom is -0.444 e. The lowest BCUT2D eigenvalue weighted by molar-refractivity contribution is 0.0489. The van der Waals surface area contributed by atoms with Crippen molar-refractivity contribution in [3.63, 3.8) is 0 Å². The highest BCUT2D eigenvalue weighted by molar-refractivity contribution is 5.75. The highest BCUT2D eigenvalue weighted by Gasteiger charge is 2.33. The van der Waals surface area contributed by atoms with Gasteiger partial charge in [0, 0.05) is 12.1 Å². The van der Waals surface area contributed by atoms with Crippen LogP contribution in [-0.2, 0) is 4.74 Å². The number of hydrogen-bond acceptors (Lipinski definition) is 4. The second kappa shape index (κ2) is 9.27. The molecule has 8 heteroatoms. The predicted molar refractivity (Wildman–Crippen MR) is 113 cm³/mol. The van der Waals surface area contributed by atoms with Gasteiger partial charge in [0.1, 0.15) is 17.2 Å². The van der Waals surface area contributed by atoms with Gasteiger partial charge >= 0.3 is 12.1 Å². The number of nitrogens with zero attached hydrogens (tertiary/aromatic N) is 1. The molecular formula is C22H35FN4O3. The number of hydrogen-bond donors (Lipinski definition) is 3. The number of allylic oxidation sites excluding steroid dienone is 2. The van der Waals surface area contributed by atoms with Gasteiger partial charge in [0.25, 0.3) is 0 Å². The maximum Gasteiger partial charge on any atom is 0.407 e. The summed E-state index contributed by atoms with van der Waals surface area (Å²) in [4.78, 5) is 25.4. The molecule has 1 aliphatic heterocycles. The van der Waals surface area contributed by atoms with E-state index < -0.39 is 17.7 Å². The van der Waals surface area contributed by atoms with Crippen molar-refractivity contribution in [1.82, 2.24) is 15.5 Å². The van der Waals surface area contributed by atoms with Crippen LogP contribution in [0.25, 0.3) is 0 Å². The zero-order valence-electron chi connectivity index (χ0n) is 18.3. The summed E-state index contributed by atoms with van der Waals surface area (Å²) in [6.45, 7) is 5.39. The van der Waals surface area contributed by atoms with Crippen LogP contribution in [0.15, 0.2) is 23.3 Å². The Balaban J connectivity index is 1.70. The summed E-state index contributed by atoms with van der Waals surface area (Å²) in [5, 5.41) is 6.43. The Bertz CT molecular complexity index is 714. The van der Waals surface area contributed by atoms with Crippen LogP contribution in [0, 0.1) is 5.92 Å². The van der Waals surface area contributed by atoms with E-state index in [1.165, 1.54) is 4.90 Å². The molecule has 2 aliphatic carbocycles. The molecule has 1 heterocycles. The third-order valence-electron chi connectivity index (χ3n) is 6.01. The van der Waals surface area contributed by atoms with E-state index in [9.17, 15) is 14.0 Å². The molecule has 0 aromatic carbocycles. The molecule has 0 unspecified atom stereocenters. The number of ether oxygens (including phenoxy) is 1. The van der Waals surface area contributed by atoms with Crippen LogP contribution >= 0.6 is 0 Å². The first-order valence-electron chi connectivity index (χ1n) is 11.1. The molecule has 0 atom stereocenters. The molecule has 168 valence electrons. The van der Waals surface area contributed by atoms with Crippen LogP contribution in [0.2, 0.25) is 0 Å². The summed E-state index contributed by atoms with van der Waals surface area (Å²) in [6.07, 6.45) is 8.70. The molecule has 0 radical (unpaired) electrons. The predicted octanol–water partition coefficient (Wildman–Crippen LogP) is 4.06. The second-order valence-corrected chi connectivity index (χ2v) is 9.64. The second-order valence-electron chi connectivity index (χ2n) is 9.64. The zero-order valence-corrected chi connectivity index (χ0v) is 18.3. The Morgan fingerprint density at radius 2 is 1.73 bits per heavy atom. The third kappa shape index (κ3) is 5.89. The molecule has 3 amide bonds. The third-order valence-corrected chi connectivity index (χ3v) is 6.01. The molecule has 2 saturated carbocycles. The fraction of sp³-hybridized carbons (Fsp3) is 0.727. The molecule has 4 N–H and O–H groups in total. The van der Waals surface area contributed by atoms with Crippen molar-refractivity contribution in [2.45, 2.75) is 89.8 Å². The van der Waals surface area contributed by atoms with Gasteiger partial charge in [-0.2, -0.15) is 0 Å². The van der Waals surface area contributed by atoms with E-state index in [1.54, 1.807) is 6.08 Å². The molecule has 0 aromatic heterocycles. The Hall–Kier alpha value is -2.25. The normalized spacial score (nSPS) is 25.7. The van der Waals surface area contributed by atoms with Gasteiger partial charge in [-0.05, 0) is 76.9 Å². The monoisotopic (exact) mass is 422 g/mol. The van der Waals surface area contributed by atoms with Gasteiger partial charge in [-0.1, -0.05) is 12.8 Å². The van der Waals surface area contributed by atoms with Crippen LogP contribution in [0.5, 0.6) is 0 Å². The van der Waals surface area contributed by atoms with E-state index in [-0.39, 0.29) is 30.4 Å². The minimum atomic E-state index is -0.642. The molecule has 0 bridgehead atoms. The number of nitrogens with one attached hydrogen (secondary N) is 2. The Morgan fingerprint density at radius 3 is 2.30 bits per heavy atom. The van der Waals surface area contributed by atoms with Crippen molar-refractivity contribution in [3.05, 3.63) is 23.3 Å². The summed E-state index contributed by atoms with van der Waals surface area (Å²) in [5.41, 5.74) is 5.86. The van der Waals surface area contributed by atoms with Crippen molar-refractivity contribution in [3.8, 4) is 0 Å². The number of carbonyl (C=O) groups is 2. The number of amides is 3. The van der Waals surface area contributed by atoms with Crippen molar-refractivity contribution < 1.29 is 18.7 Å². The highest BCUT2D eigenvalue weighted by Crippen LogP contribution is 2.36. The average Bonchev–Trinajstić information content (AvgIpc) is 3.15. The number of halogens is 1. The summed E-state index contributed by atoms with van der Waals surface area (Å²) in [6, 6.07) is -0.319. The SMILES string of the molecule is CC(C)(C)OC(=O)NC1CCC(C2=C(NC3CCCC3)N(C(N)=O)CC(F)=C2)CC1. The Labute approximate surface area is 178 Å². The first-order valence-corrected chi connectivity index (χ1v) is 11.1. The first kappa shape index (κ1) is 22.4. The van der Waals surface area contributed by atoms with Gasteiger partial charge in [-0.25, -0.2) is 14.0 Å². The van der Waals surface area contributed by atoms with Crippen molar-refractivity contribution in [2.24, 2.45) is 11.7 Å². The van der Waals surface area contributed by atoms with Gasteiger partial charge in [-0.3, -0.25) is 4.90 Å². The zero-order chi connectivity index (χ0) is 21.9. The van der Waals surface area contributed by atoms with E-state index in [0.29, 0.717) is 5.82 Å². The molecule has 0 saturated heterocycles. The lowest BCUT2D eigenvalue weighted by Gasteiger charge is -2.36. The Kier molecular flexibility index (Phi) is 6.93. The van der Waals surface area contributed by atoms with E-state index >= 15 is 0 Å². The van der Waals surface area contributed by atoms with Gasteiger partial charge < -0.3 is 21.1 Å². The number of nitrogens with two attached hydrogens (primary N) is 1. The molecule has 0 aromatic rings. The van der Waals surface area contributed by atoms with E-state index in [0.717, 1.165) is 56.9 Å². The quantitative estimate of drug-likeness (QED) is 0.636. The largest absolute Gasteiger partial charge is 0.444 e. The number of primary amides is 1. The lowest BCUT2D eigenvalue weighted by atomic mass is 9.80. The summed E-state index contributed by atoms with van der Waals surface area (Å²) in [5.74, 6) is 0.424. The number of rotatable bonds is 4. The topological polar surface area (TPSA) is 96.7 Å². The molecule has 30 heavy (non-hydrogen) atoms. The summed E-state index contributed by atoms with van der Waals surface area (Å²) >= 11 is 0. The van der Waals surface area contributed by atoms with Crippen molar-refractivity contribution in [1.29, 1.82) is 0 Å². The van der Waals surface area contributed by atoms with Crippen LogP contribution in [0.4, 0.5) is 14.0 Å². The van der Waals surface area contributed by atoms with Crippen LogP contribution in [0.1, 0.15) is 72.1 Å². The maximum absolute atomic E-state index is 14.4. The first-order chi connectivity index (χ1) is 14.1. The molecule has 0 spiro atoms. The van der Waals surface area contributed by atoms with E-state index in [4.69, 9.17) is 10.5 Å². The number of urea groups is 1. The van der Waals surface area contributed by atoms with Crippen molar-refractivity contribution >= 4 is 12.1 Å².